The Balaban J connectivity index is 1.77. The summed E-state index contributed by atoms with van der Waals surface area (Å²) in [5.41, 5.74) is 1.71. The molecule has 2 aromatic carbocycles. The molecule has 0 saturated heterocycles. The molecule has 0 unspecified atom stereocenters. The topological polar surface area (TPSA) is 58.6 Å². The first-order valence-electron chi connectivity index (χ1n) is 10.0. The summed E-state index contributed by atoms with van der Waals surface area (Å²) in [6.45, 7) is 10.8. The first-order valence-corrected chi connectivity index (χ1v) is 10.0. The summed E-state index contributed by atoms with van der Waals surface area (Å²) in [5.74, 6) is 0.636. The molecule has 1 aliphatic heterocycles. The van der Waals surface area contributed by atoms with Crippen molar-refractivity contribution in [1.29, 1.82) is 0 Å². The number of hydrogen-bond donors (Lipinski definition) is 1. The molecule has 0 aromatic heterocycles. The van der Waals surface area contributed by atoms with Gasteiger partial charge in [0.2, 0.25) is 11.8 Å². The molecule has 3 rings (SSSR count). The molecular formula is C24H30N2O3. The zero-order valence-electron chi connectivity index (χ0n) is 17.9. The molecule has 0 bridgehead atoms. The molecule has 1 heterocycles. The summed E-state index contributed by atoms with van der Waals surface area (Å²) >= 11 is 0. The van der Waals surface area contributed by atoms with E-state index in [1.54, 1.807) is 4.90 Å². The van der Waals surface area contributed by atoms with Crippen LogP contribution >= 0.6 is 0 Å². The van der Waals surface area contributed by atoms with Crippen LogP contribution in [-0.2, 0) is 15.0 Å². The van der Waals surface area contributed by atoms with Crippen molar-refractivity contribution in [2.45, 2.75) is 46.5 Å². The fourth-order valence-electron chi connectivity index (χ4n) is 3.51. The van der Waals surface area contributed by atoms with Gasteiger partial charge in [0.1, 0.15) is 12.4 Å². The van der Waals surface area contributed by atoms with Crippen LogP contribution in [-0.4, -0.2) is 25.0 Å². The second-order valence-electron chi connectivity index (χ2n) is 9.21. The van der Waals surface area contributed by atoms with E-state index in [4.69, 9.17) is 4.74 Å². The van der Waals surface area contributed by atoms with E-state index in [0.29, 0.717) is 36.7 Å². The van der Waals surface area contributed by atoms with Gasteiger partial charge in [-0.15, -0.1) is 0 Å². The molecule has 154 valence electrons. The molecule has 1 N–H and O–H groups in total. The molecule has 0 saturated carbocycles. The van der Waals surface area contributed by atoms with Gasteiger partial charge in [-0.3, -0.25) is 9.59 Å². The largest absolute Gasteiger partial charge is 0.490 e. The summed E-state index contributed by atoms with van der Waals surface area (Å²) in [6, 6.07) is 15.5. The van der Waals surface area contributed by atoms with Crippen molar-refractivity contribution in [3.05, 3.63) is 54.1 Å². The summed E-state index contributed by atoms with van der Waals surface area (Å²) in [6.07, 6.45) is 0.356. The van der Waals surface area contributed by atoms with Crippen LogP contribution in [0.2, 0.25) is 0 Å². The minimum absolute atomic E-state index is 0.0377. The highest BCUT2D eigenvalue weighted by atomic mass is 16.5. The number of anilines is 2. The highest BCUT2D eigenvalue weighted by Gasteiger charge is 2.32. The summed E-state index contributed by atoms with van der Waals surface area (Å²) < 4.78 is 5.71. The van der Waals surface area contributed by atoms with E-state index in [9.17, 15) is 9.59 Å². The Kier molecular flexibility index (Phi) is 5.69. The minimum atomic E-state index is -0.492. The van der Waals surface area contributed by atoms with Crippen LogP contribution in [0, 0.1) is 5.41 Å². The third-order valence-electron chi connectivity index (χ3n) is 5.15. The second-order valence-corrected chi connectivity index (χ2v) is 9.21. The fourth-order valence-corrected chi connectivity index (χ4v) is 3.51. The Morgan fingerprint density at radius 3 is 2.38 bits per heavy atom. The van der Waals surface area contributed by atoms with Crippen LogP contribution in [0.3, 0.4) is 0 Å². The Bertz CT molecular complexity index is 898. The van der Waals surface area contributed by atoms with Crippen molar-refractivity contribution in [3.8, 4) is 5.75 Å². The fraction of sp³-hybridized carbons (Fsp3) is 0.417. The van der Waals surface area contributed by atoms with Crippen LogP contribution in [0.4, 0.5) is 11.4 Å². The second kappa shape index (κ2) is 7.90. The average molecular weight is 395 g/mol. The number of benzene rings is 2. The third-order valence-corrected chi connectivity index (χ3v) is 5.15. The number of fused-ring (bicyclic) bond motifs is 1. The van der Waals surface area contributed by atoms with Crippen LogP contribution in [0.1, 0.15) is 46.6 Å². The molecule has 0 fully saturated rings. The molecule has 5 heteroatoms. The standard InChI is InChI=1S/C24H30N2O3/c1-23(2,3)22(28)26-13-14-29-20-12-11-18(15-19(20)26)25-21(27)16-24(4,5)17-9-7-6-8-10-17/h6-12,15H,13-14,16H2,1-5H3,(H,25,27). The van der Waals surface area contributed by atoms with E-state index >= 15 is 0 Å². The molecule has 5 nitrogen and oxygen atoms in total. The highest BCUT2D eigenvalue weighted by molar-refractivity contribution is 6.00. The maximum absolute atomic E-state index is 12.8. The van der Waals surface area contributed by atoms with Crippen LogP contribution < -0.4 is 15.0 Å². The highest BCUT2D eigenvalue weighted by Crippen LogP contribution is 2.36. The molecule has 0 aliphatic carbocycles. The van der Waals surface area contributed by atoms with Gasteiger partial charge >= 0.3 is 0 Å². The third kappa shape index (κ3) is 4.78. The Morgan fingerprint density at radius 1 is 1.03 bits per heavy atom. The van der Waals surface area contributed by atoms with Gasteiger partial charge in [-0.05, 0) is 29.2 Å². The van der Waals surface area contributed by atoms with Gasteiger partial charge in [0.05, 0.1) is 12.2 Å². The number of amides is 2. The molecule has 1 aliphatic rings. The number of nitrogens with one attached hydrogen (secondary N) is 1. The average Bonchev–Trinajstić information content (AvgIpc) is 2.66. The Hall–Kier alpha value is -2.82. The van der Waals surface area contributed by atoms with Gasteiger partial charge in [-0.25, -0.2) is 0 Å². The first-order chi connectivity index (χ1) is 13.6. The number of carbonyl (C=O) groups is 2. The molecule has 29 heavy (non-hydrogen) atoms. The van der Waals surface area contributed by atoms with E-state index in [2.05, 4.69) is 19.2 Å². The van der Waals surface area contributed by atoms with Gasteiger partial charge in [-0.1, -0.05) is 65.0 Å². The lowest BCUT2D eigenvalue weighted by atomic mass is 9.81. The number of nitrogens with zero attached hydrogens (tertiary/aromatic N) is 1. The summed E-state index contributed by atoms with van der Waals surface area (Å²) in [4.78, 5) is 27.3. The Labute approximate surface area is 173 Å². The lowest BCUT2D eigenvalue weighted by Gasteiger charge is -2.34. The summed E-state index contributed by atoms with van der Waals surface area (Å²) in [7, 11) is 0. The lowest BCUT2D eigenvalue weighted by molar-refractivity contribution is -0.126. The predicted octanol–water partition coefficient (Wildman–Crippen LogP) is 4.76. The number of hydrogen-bond acceptors (Lipinski definition) is 3. The normalized spacial score (nSPS) is 14.0. The first kappa shape index (κ1) is 20.9. The van der Waals surface area contributed by atoms with Crippen molar-refractivity contribution in [1.82, 2.24) is 0 Å². The van der Waals surface area contributed by atoms with Crippen molar-refractivity contribution < 1.29 is 14.3 Å². The quantitative estimate of drug-likeness (QED) is 0.813. The summed E-state index contributed by atoms with van der Waals surface area (Å²) in [5, 5.41) is 2.98. The predicted molar refractivity (Wildman–Crippen MR) is 116 cm³/mol. The molecular weight excluding hydrogens is 364 g/mol. The maximum Gasteiger partial charge on any atom is 0.232 e. The van der Waals surface area contributed by atoms with Crippen molar-refractivity contribution in [3.63, 3.8) is 0 Å². The van der Waals surface area contributed by atoms with E-state index in [1.165, 1.54) is 0 Å². The number of ether oxygens (including phenoxy) is 1. The van der Waals surface area contributed by atoms with E-state index < -0.39 is 5.41 Å². The monoisotopic (exact) mass is 394 g/mol. The van der Waals surface area contributed by atoms with E-state index in [-0.39, 0.29) is 17.2 Å². The van der Waals surface area contributed by atoms with Crippen molar-refractivity contribution in [2.24, 2.45) is 5.41 Å². The Morgan fingerprint density at radius 2 is 1.72 bits per heavy atom. The lowest BCUT2D eigenvalue weighted by Crippen LogP contribution is -2.44. The molecule has 2 aromatic rings. The molecule has 0 spiro atoms. The minimum Gasteiger partial charge on any atom is -0.490 e. The van der Waals surface area contributed by atoms with E-state index in [0.717, 1.165) is 5.56 Å². The van der Waals surface area contributed by atoms with Gasteiger partial charge < -0.3 is 15.0 Å². The van der Waals surface area contributed by atoms with E-state index in [1.807, 2.05) is 69.3 Å². The van der Waals surface area contributed by atoms with Crippen LogP contribution in [0.5, 0.6) is 5.75 Å². The SMILES string of the molecule is CC(C)(C)C(=O)N1CCOc2ccc(NC(=O)CC(C)(C)c3ccccc3)cc21. The van der Waals surface area contributed by atoms with Crippen LogP contribution in [0.25, 0.3) is 0 Å². The smallest absolute Gasteiger partial charge is 0.232 e. The molecule has 0 radical (unpaired) electrons. The van der Waals surface area contributed by atoms with Crippen molar-refractivity contribution >= 4 is 23.2 Å². The van der Waals surface area contributed by atoms with Gasteiger partial charge in [-0.2, -0.15) is 0 Å². The van der Waals surface area contributed by atoms with Gasteiger partial charge in [0.15, 0.2) is 0 Å². The van der Waals surface area contributed by atoms with Gasteiger partial charge in [0, 0.05) is 17.5 Å². The van der Waals surface area contributed by atoms with Gasteiger partial charge in [0.25, 0.3) is 0 Å². The number of rotatable bonds is 4. The maximum atomic E-state index is 12.8. The van der Waals surface area contributed by atoms with Crippen molar-refractivity contribution in [2.75, 3.05) is 23.4 Å². The zero-order chi connectivity index (χ0) is 21.2. The van der Waals surface area contributed by atoms with Crippen LogP contribution in [0.15, 0.2) is 48.5 Å². The molecule has 2 amide bonds. The number of carbonyl (C=O) groups excluding carboxylic acids is 2. The molecule has 0 atom stereocenters. The zero-order valence-corrected chi connectivity index (χ0v) is 17.9.